The number of pyridine rings is 1. The van der Waals surface area contributed by atoms with E-state index in [1.165, 1.54) is 6.20 Å². The average Bonchev–Trinajstić information content (AvgIpc) is 2.75. The summed E-state index contributed by atoms with van der Waals surface area (Å²) in [7, 11) is 3.16. The summed E-state index contributed by atoms with van der Waals surface area (Å²) in [5.74, 6) is 0.361. The molecule has 8 nitrogen and oxygen atoms in total. The van der Waals surface area contributed by atoms with Gasteiger partial charge in [0, 0.05) is 37.1 Å². The van der Waals surface area contributed by atoms with Gasteiger partial charge in [0.25, 0.3) is 11.8 Å². The number of ether oxygens (including phenoxy) is 2. The Hall–Kier alpha value is -3.29. The topological polar surface area (TPSA) is 89.9 Å². The van der Waals surface area contributed by atoms with Crippen molar-refractivity contribution < 1.29 is 19.1 Å². The number of hydrogen-bond donors (Lipinski definition) is 1. The summed E-state index contributed by atoms with van der Waals surface area (Å²) < 4.78 is 12.5. The number of nitrogens with zero attached hydrogens (tertiary/aromatic N) is 2. The lowest BCUT2D eigenvalue weighted by Crippen LogP contribution is -2.44. The van der Waals surface area contributed by atoms with Crippen LogP contribution in [0.25, 0.3) is 0 Å². The fraction of sp³-hybridized carbons (Fsp3) is 0.480. The molecule has 2 heterocycles. The van der Waals surface area contributed by atoms with Crippen molar-refractivity contribution in [1.29, 1.82) is 0 Å². The number of aromatic nitrogens is 1. The molecule has 178 valence electrons. The van der Waals surface area contributed by atoms with E-state index in [1.807, 2.05) is 46.8 Å². The summed E-state index contributed by atoms with van der Waals surface area (Å²) in [6.07, 6.45) is 3.70. The minimum absolute atomic E-state index is 0.00538. The van der Waals surface area contributed by atoms with Gasteiger partial charge in [-0.3, -0.25) is 14.4 Å². The van der Waals surface area contributed by atoms with Crippen molar-refractivity contribution in [2.75, 3.05) is 20.8 Å². The van der Waals surface area contributed by atoms with Crippen LogP contribution in [0.5, 0.6) is 11.5 Å². The normalized spacial score (nSPS) is 13.5. The van der Waals surface area contributed by atoms with Crippen LogP contribution >= 0.6 is 0 Å². The molecule has 8 heteroatoms. The quantitative estimate of drug-likeness (QED) is 0.748. The minimum Gasteiger partial charge on any atom is -0.493 e. The van der Waals surface area contributed by atoms with Crippen molar-refractivity contribution in [3.8, 4) is 11.5 Å². The summed E-state index contributed by atoms with van der Waals surface area (Å²) in [5, 5.41) is 2.82. The molecular weight excluding hydrogens is 422 g/mol. The van der Waals surface area contributed by atoms with Crippen molar-refractivity contribution in [2.24, 2.45) is 0 Å². The van der Waals surface area contributed by atoms with Gasteiger partial charge in [-0.25, -0.2) is 0 Å². The maximum absolute atomic E-state index is 13.5. The number of hydrogen-bond acceptors (Lipinski definition) is 5. The Balaban J connectivity index is 1.99. The van der Waals surface area contributed by atoms with Gasteiger partial charge in [0.2, 0.25) is 5.43 Å². The van der Waals surface area contributed by atoms with Gasteiger partial charge in [0.1, 0.15) is 11.1 Å². The summed E-state index contributed by atoms with van der Waals surface area (Å²) in [5.41, 5.74) is 0.912. The van der Waals surface area contributed by atoms with Crippen LogP contribution in [-0.2, 0) is 13.0 Å². The number of rotatable bonds is 5. The Morgan fingerprint density at radius 1 is 1.00 bits per heavy atom. The molecule has 1 aliphatic heterocycles. The van der Waals surface area contributed by atoms with Gasteiger partial charge in [-0.05, 0) is 64.3 Å². The van der Waals surface area contributed by atoms with E-state index in [-0.39, 0.29) is 23.1 Å². The third kappa shape index (κ3) is 5.21. The van der Waals surface area contributed by atoms with Crippen LogP contribution in [0.3, 0.4) is 0 Å². The second kappa shape index (κ2) is 9.29. The highest BCUT2D eigenvalue weighted by atomic mass is 16.5. The lowest BCUT2D eigenvalue weighted by Gasteiger charge is -2.30. The van der Waals surface area contributed by atoms with Gasteiger partial charge in [-0.15, -0.1) is 0 Å². The number of amides is 2. The number of benzene rings is 1. The fourth-order valence-electron chi connectivity index (χ4n) is 3.84. The predicted octanol–water partition coefficient (Wildman–Crippen LogP) is 3.17. The number of nitrogens with one attached hydrogen (secondary N) is 1. The number of carbonyl (C=O) groups is 2. The summed E-state index contributed by atoms with van der Waals surface area (Å²) in [6, 6.07) is 3.77. The molecule has 1 aromatic carbocycles. The zero-order valence-corrected chi connectivity index (χ0v) is 20.4. The number of carbonyl (C=O) groups excluding carboxylic acids is 2. The van der Waals surface area contributed by atoms with Crippen LogP contribution in [0.4, 0.5) is 0 Å². The van der Waals surface area contributed by atoms with Gasteiger partial charge in [-0.2, -0.15) is 0 Å². The molecule has 0 radical (unpaired) electrons. The zero-order valence-electron chi connectivity index (χ0n) is 20.4. The van der Waals surface area contributed by atoms with Gasteiger partial charge in [0.15, 0.2) is 11.5 Å². The maximum Gasteiger partial charge on any atom is 0.259 e. The molecule has 1 aromatic heterocycles. The van der Waals surface area contributed by atoms with Crippen LogP contribution in [-0.4, -0.2) is 47.6 Å². The molecule has 0 fully saturated rings. The molecule has 33 heavy (non-hydrogen) atoms. The van der Waals surface area contributed by atoms with Crippen molar-refractivity contribution in [1.82, 2.24) is 14.8 Å². The van der Waals surface area contributed by atoms with E-state index in [4.69, 9.17) is 9.47 Å². The second-order valence-corrected chi connectivity index (χ2v) is 9.61. The molecule has 0 unspecified atom stereocenters. The molecule has 1 aliphatic rings. The van der Waals surface area contributed by atoms with E-state index in [1.54, 1.807) is 29.9 Å². The van der Waals surface area contributed by atoms with Gasteiger partial charge in [-0.1, -0.05) is 0 Å². The molecule has 0 saturated heterocycles. The summed E-state index contributed by atoms with van der Waals surface area (Å²) in [6.45, 7) is 10.2. The van der Waals surface area contributed by atoms with Crippen molar-refractivity contribution >= 4 is 11.8 Å². The molecular formula is C25H33N3O5. The smallest absolute Gasteiger partial charge is 0.259 e. The SMILES string of the molecule is COc1cc2c(cc1OC)CN(C(=O)c1cn(C(C)C)cc(C(=O)NC(C)(C)C)c1=O)CC2. The Labute approximate surface area is 194 Å². The predicted molar refractivity (Wildman–Crippen MR) is 126 cm³/mol. The highest BCUT2D eigenvalue weighted by Gasteiger charge is 2.28. The molecule has 0 saturated carbocycles. The van der Waals surface area contributed by atoms with Gasteiger partial charge >= 0.3 is 0 Å². The van der Waals surface area contributed by atoms with Crippen LogP contribution in [0.2, 0.25) is 0 Å². The maximum atomic E-state index is 13.5. The highest BCUT2D eigenvalue weighted by molar-refractivity contribution is 5.99. The van der Waals surface area contributed by atoms with Crippen LogP contribution < -0.4 is 20.2 Å². The zero-order chi connectivity index (χ0) is 24.5. The lowest BCUT2D eigenvalue weighted by molar-refractivity contribution is 0.0732. The van der Waals surface area contributed by atoms with Crippen LogP contribution in [0.15, 0.2) is 29.3 Å². The van der Waals surface area contributed by atoms with Crippen LogP contribution in [0.1, 0.15) is 72.5 Å². The molecule has 0 bridgehead atoms. The molecule has 0 atom stereocenters. The molecule has 1 N–H and O–H groups in total. The van der Waals surface area contributed by atoms with E-state index < -0.39 is 16.9 Å². The van der Waals surface area contributed by atoms with Crippen molar-refractivity contribution in [3.63, 3.8) is 0 Å². The number of fused-ring (bicyclic) bond motifs is 1. The van der Waals surface area contributed by atoms with E-state index in [0.717, 1.165) is 11.1 Å². The summed E-state index contributed by atoms with van der Waals surface area (Å²) in [4.78, 5) is 41.2. The van der Waals surface area contributed by atoms with Crippen molar-refractivity contribution in [2.45, 2.75) is 59.2 Å². The Morgan fingerprint density at radius 2 is 1.58 bits per heavy atom. The first-order valence-electron chi connectivity index (χ1n) is 11.1. The molecule has 3 rings (SSSR count). The first-order chi connectivity index (χ1) is 15.4. The van der Waals surface area contributed by atoms with E-state index in [9.17, 15) is 14.4 Å². The van der Waals surface area contributed by atoms with Crippen LogP contribution in [0, 0.1) is 0 Å². The van der Waals surface area contributed by atoms with E-state index in [2.05, 4.69) is 5.32 Å². The highest BCUT2D eigenvalue weighted by Crippen LogP contribution is 2.33. The third-order valence-electron chi connectivity index (χ3n) is 5.61. The molecule has 0 aliphatic carbocycles. The third-order valence-corrected chi connectivity index (χ3v) is 5.61. The Morgan fingerprint density at radius 3 is 2.12 bits per heavy atom. The fourth-order valence-corrected chi connectivity index (χ4v) is 3.84. The Bertz CT molecular complexity index is 1130. The monoisotopic (exact) mass is 455 g/mol. The van der Waals surface area contributed by atoms with Crippen molar-refractivity contribution in [3.05, 3.63) is 57.0 Å². The molecule has 2 amide bonds. The largest absolute Gasteiger partial charge is 0.493 e. The standard InChI is InChI=1S/C25H33N3O5/c1-15(2)28-13-18(23(30)26-25(3,4)5)22(29)19(14-28)24(31)27-9-8-16-10-20(32-6)21(33-7)11-17(16)12-27/h10-11,13-15H,8-9,12H2,1-7H3,(H,26,30). The average molecular weight is 456 g/mol. The van der Waals surface area contributed by atoms with Gasteiger partial charge < -0.3 is 24.3 Å². The number of methoxy groups -OCH3 is 2. The second-order valence-electron chi connectivity index (χ2n) is 9.61. The summed E-state index contributed by atoms with van der Waals surface area (Å²) >= 11 is 0. The lowest BCUT2D eigenvalue weighted by atomic mass is 9.98. The van der Waals surface area contributed by atoms with E-state index >= 15 is 0 Å². The van der Waals surface area contributed by atoms with E-state index in [0.29, 0.717) is 31.0 Å². The molecule has 0 spiro atoms. The van der Waals surface area contributed by atoms with Gasteiger partial charge in [0.05, 0.1) is 14.2 Å². The first-order valence-corrected chi connectivity index (χ1v) is 11.1. The Kier molecular flexibility index (Phi) is 6.86. The first kappa shape index (κ1) is 24.4. The minimum atomic E-state index is -0.559. The molecule has 2 aromatic rings.